The Morgan fingerprint density at radius 1 is 1.05 bits per heavy atom. The first kappa shape index (κ1) is 16.5. The summed E-state index contributed by atoms with van der Waals surface area (Å²) in [6, 6.07) is 0. The molecule has 0 bridgehead atoms. The maximum absolute atomic E-state index is 11.9. The van der Waals surface area contributed by atoms with Crippen LogP contribution in [-0.2, 0) is 4.79 Å². The van der Waals surface area contributed by atoms with E-state index in [9.17, 15) is 4.79 Å². The third kappa shape index (κ3) is 6.95. The Hall–Kier alpha value is -0.570. The number of piperazine rings is 1. The van der Waals surface area contributed by atoms with E-state index in [1.165, 1.54) is 25.8 Å². The molecule has 1 rings (SSSR count). The summed E-state index contributed by atoms with van der Waals surface area (Å²) in [7, 11) is 0. The van der Waals surface area contributed by atoms with E-state index in [1.807, 2.05) is 0 Å². The maximum Gasteiger partial charge on any atom is 0.222 e. The van der Waals surface area contributed by atoms with Gasteiger partial charge in [-0.25, -0.2) is 0 Å². The van der Waals surface area contributed by atoms with Crippen LogP contribution in [0.4, 0.5) is 0 Å². The van der Waals surface area contributed by atoms with Crippen molar-refractivity contribution >= 4 is 5.91 Å². The molecule has 0 aromatic carbocycles. The topological polar surface area (TPSA) is 23.6 Å². The van der Waals surface area contributed by atoms with Crippen molar-refractivity contribution in [1.29, 1.82) is 0 Å². The molecule has 112 valence electrons. The quantitative estimate of drug-likeness (QED) is 0.631. The van der Waals surface area contributed by atoms with E-state index in [-0.39, 0.29) is 0 Å². The Balaban J connectivity index is 2.09. The highest BCUT2D eigenvalue weighted by Gasteiger charge is 2.19. The van der Waals surface area contributed by atoms with Crippen molar-refractivity contribution < 1.29 is 4.79 Å². The molecule has 3 nitrogen and oxygen atoms in total. The number of carbonyl (C=O) groups is 1. The van der Waals surface area contributed by atoms with Crippen molar-refractivity contribution in [2.45, 2.75) is 59.3 Å². The smallest absolute Gasteiger partial charge is 0.222 e. The number of hydrogen-bond acceptors (Lipinski definition) is 2. The lowest BCUT2D eigenvalue weighted by Crippen LogP contribution is -2.48. The Labute approximate surface area is 119 Å². The molecule has 3 heteroatoms. The average Bonchev–Trinajstić information content (AvgIpc) is 2.41. The van der Waals surface area contributed by atoms with Gasteiger partial charge in [-0.2, -0.15) is 0 Å². The third-order valence-corrected chi connectivity index (χ3v) is 3.98. The van der Waals surface area contributed by atoms with E-state index in [4.69, 9.17) is 0 Å². The molecule has 1 amide bonds. The van der Waals surface area contributed by atoms with E-state index >= 15 is 0 Å². The summed E-state index contributed by atoms with van der Waals surface area (Å²) in [6.07, 6.45) is 6.88. The number of carbonyl (C=O) groups excluding carboxylic acids is 1. The Kier molecular flexibility index (Phi) is 8.11. The lowest BCUT2D eigenvalue weighted by atomic mass is 10.1. The van der Waals surface area contributed by atoms with Crippen LogP contribution in [0.5, 0.6) is 0 Å². The fraction of sp³-hybridized carbons (Fsp3) is 0.938. The zero-order valence-electron chi connectivity index (χ0n) is 13.2. The highest BCUT2D eigenvalue weighted by molar-refractivity contribution is 5.76. The monoisotopic (exact) mass is 268 g/mol. The third-order valence-electron chi connectivity index (χ3n) is 3.98. The van der Waals surface area contributed by atoms with Gasteiger partial charge in [0.05, 0.1) is 0 Å². The van der Waals surface area contributed by atoms with Gasteiger partial charge in [0.25, 0.3) is 0 Å². The van der Waals surface area contributed by atoms with E-state index < -0.39 is 0 Å². The Bertz CT molecular complexity index is 245. The molecule has 0 atom stereocenters. The first-order valence-corrected chi connectivity index (χ1v) is 8.13. The predicted octanol–water partition coefficient (Wildman–Crippen LogP) is 3.15. The molecule has 19 heavy (non-hydrogen) atoms. The number of rotatable bonds is 8. The van der Waals surface area contributed by atoms with Crippen LogP contribution in [0.25, 0.3) is 0 Å². The molecular weight excluding hydrogens is 236 g/mol. The van der Waals surface area contributed by atoms with Crippen molar-refractivity contribution in [2.75, 3.05) is 32.7 Å². The van der Waals surface area contributed by atoms with Gasteiger partial charge in [-0.05, 0) is 25.3 Å². The second-order valence-corrected chi connectivity index (χ2v) is 6.22. The second-order valence-electron chi connectivity index (χ2n) is 6.22. The molecule has 1 fully saturated rings. The minimum absolute atomic E-state index is 0.362. The molecule has 0 aromatic rings. The number of unbranched alkanes of at least 4 members (excludes halogenated alkanes) is 2. The molecule has 1 saturated heterocycles. The molecule has 0 radical (unpaired) electrons. The zero-order chi connectivity index (χ0) is 14.1. The van der Waals surface area contributed by atoms with E-state index in [0.29, 0.717) is 5.91 Å². The van der Waals surface area contributed by atoms with Gasteiger partial charge in [-0.1, -0.05) is 40.0 Å². The lowest BCUT2D eigenvalue weighted by Gasteiger charge is -2.34. The molecule has 0 aromatic heterocycles. The van der Waals surface area contributed by atoms with E-state index in [2.05, 4.69) is 30.6 Å². The minimum Gasteiger partial charge on any atom is -0.340 e. The molecule has 0 saturated carbocycles. The van der Waals surface area contributed by atoms with Gasteiger partial charge >= 0.3 is 0 Å². The van der Waals surface area contributed by atoms with Crippen LogP contribution in [0, 0.1) is 5.92 Å². The summed E-state index contributed by atoms with van der Waals surface area (Å²) in [5.41, 5.74) is 0. The molecular formula is C16H32N2O. The van der Waals surface area contributed by atoms with Gasteiger partial charge in [0.15, 0.2) is 0 Å². The van der Waals surface area contributed by atoms with E-state index in [0.717, 1.165) is 51.4 Å². The fourth-order valence-electron chi connectivity index (χ4n) is 2.59. The van der Waals surface area contributed by atoms with Crippen molar-refractivity contribution in [3.05, 3.63) is 0 Å². The van der Waals surface area contributed by atoms with Crippen molar-refractivity contribution in [2.24, 2.45) is 5.92 Å². The highest BCUT2D eigenvalue weighted by Crippen LogP contribution is 2.10. The summed E-state index contributed by atoms with van der Waals surface area (Å²) < 4.78 is 0. The summed E-state index contributed by atoms with van der Waals surface area (Å²) in [4.78, 5) is 16.5. The van der Waals surface area contributed by atoms with Crippen LogP contribution < -0.4 is 0 Å². The van der Waals surface area contributed by atoms with Gasteiger partial charge in [-0.15, -0.1) is 0 Å². The van der Waals surface area contributed by atoms with Crippen molar-refractivity contribution in [3.8, 4) is 0 Å². The normalized spacial score (nSPS) is 17.2. The standard InChI is InChI=1S/C16H32N2O/c1-4-5-9-16(19)18-13-11-17(12-14-18)10-7-6-8-15(2)3/h15H,4-14H2,1-3H3. The van der Waals surface area contributed by atoms with Crippen molar-refractivity contribution in [3.63, 3.8) is 0 Å². The van der Waals surface area contributed by atoms with Gasteiger partial charge in [0.1, 0.15) is 0 Å². The second kappa shape index (κ2) is 9.35. The molecule has 1 aliphatic heterocycles. The summed E-state index contributed by atoms with van der Waals surface area (Å²) in [5, 5.41) is 0. The molecule has 1 heterocycles. The average molecular weight is 268 g/mol. The Morgan fingerprint density at radius 3 is 2.32 bits per heavy atom. The highest BCUT2D eigenvalue weighted by atomic mass is 16.2. The zero-order valence-corrected chi connectivity index (χ0v) is 13.2. The molecule has 1 aliphatic rings. The molecule has 0 unspecified atom stereocenters. The summed E-state index contributed by atoms with van der Waals surface area (Å²) in [6.45, 7) is 12.0. The number of nitrogens with zero attached hydrogens (tertiary/aromatic N) is 2. The number of amides is 1. The van der Waals surface area contributed by atoms with Crippen LogP contribution in [0.15, 0.2) is 0 Å². The van der Waals surface area contributed by atoms with Crippen LogP contribution in [-0.4, -0.2) is 48.4 Å². The van der Waals surface area contributed by atoms with Crippen LogP contribution in [0.1, 0.15) is 59.3 Å². The SMILES string of the molecule is CCCCC(=O)N1CCN(CCCCC(C)C)CC1. The summed E-state index contributed by atoms with van der Waals surface area (Å²) in [5.74, 6) is 1.19. The van der Waals surface area contributed by atoms with Gasteiger partial charge in [-0.3, -0.25) is 9.69 Å². The van der Waals surface area contributed by atoms with Crippen LogP contribution in [0.2, 0.25) is 0 Å². The van der Waals surface area contributed by atoms with Gasteiger partial charge < -0.3 is 4.90 Å². The first-order valence-electron chi connectivity index (χ1n) is 8.13. The predicted molar refractivity (Wildman–Crippen MR) is 81.2 cm³/mol. The van der Waals surface area contributed by atoms with Crippen LogP contribution >= 0.6 is 0 Å². The van der Waals surface area contributed by atoms with Crippen molar-refractivity contribution in [1.82, 2.24) is 9.80 Å². The van der Waals surface area contributed by atoms with Gasteiger partial charge in [0, 0.05) is 32.6 Å². The minimum atomic E-state index is 0.362. The van der Waals surface area contributed by atoms with Crippen LogP contribution in [0.3, 0.4) is 0 Å². The maximum atomic E-state index is 11.9. The molecule has 0 aliphatic carbocycles. The lowest BCUT2D eigenvalue weighted by molar-refractivity contribution is -0.133. The molecule has 0 spiro atoms. The largest absolute Gasteiger partial charge is 0.340 e. The van der Waals surface area contributed by atoms with E-state index in [1.54, 1.807) is 0 Å². The number of hydrogen-bond donors (Lipinski definition) is 0. The first-order chi connectivity index (χ1) is 9.13. The fourth-order valence-corrected chi connectivity index (χ4v) is 2.59. The molecule has 0 N–H and O–H groups in total. The summed E-state index contributed by atoms with van der Waals surface area (Å²) >= 11 is 0. The van der Waals surface area contributed by atoms with Gasteiger partial charge in [0.2, 0.25) is 5.91 Å². The Morgan fingerprint density at radius 2 is 1.74 bits per heavy atom.